The highest BCUT2D eigenvalue weighted by Gasteiger charge is 2.07. The third-order valence-corrected chi connectivity index (χ3v) is 4.94. The number of aromatic amines is 1. The Morgan fingerprint density at radius 2 is 2.04 bits per heavy atom. The van der Waals surface area contributed by atoms with Crippen LogP contribution >= 0.6 is 11.6 Å². The third kappa shape index (κ3) is 3.46. The molecule has 0 aliphatic rings. The standard InChI is InChI=1S/C21H20ClN3O/c22-17-5-6-19-18(13-17)16(14-24-19)7-10-23-21(26)9-12-25-11-8-15-3-1-2-4-20(15)25/h1-6,8,11,13-14,24H,7,9-10,12H2,(H,23,26). The maximum absolute atomic E-state index is 12.2. The second kappa shape index (κ2) is 7.26. The number of carbonyl (C=O) groups is 1. The van der Waals surface area contributed by atoms with Gasteiger partial charge in [0.25, 0.3) is 0 Å². The SMILES string of the molecule is O=C(CCn1ccc2ccccc21)NCCc1c[nH]c2ccc(Cl)cc12. The van der Waals surface area contributed by atoms with Gasteiger partial charge in [0, 0.05) is 53.3 Å². The van der Waals surface area contributed by atoms with Crippen LogP contribution in [0.15, 0.2) is 60.9 Å². The molecule has 0 saturated carbocycles. The van der Waals surface area contributed by atoms with Crippen LogP contribution in [0.2, 0.25) is 5.02 Å². The second-order valence-electron chi connectivity index (χ2n) is 6.42. The molecule has 2 aromatic heterocycles. The predicted molar refractivity (Wildman–Crippen MR) is 107 cm³/mol. The lowest BCUT2D eigenvalue weighted by Gasteiger charge is -2.07. The number of aryl methyl sites for hydroxylation is 1. The molecule has 26 heavy (non-hydrogen) atoms. The van der Waals surface area contributed by atoms with E-state index >= 15 is 0 Å². The number of nitrogens with zero attached hydrogens (tertiary/aromatic N) is 1. The molecule has 0 radical (unpaired) electrons. The van der Waals surface area contributed by atoms with Gasteiger partial charge in [0.2, 0.25) is 5.91 Å². The maximum Gasteiger partial charge on any atom is 0.221 e. The van der Waals surface area contributed by atoms with E-state index in [0.29, 0.717) is 19.5 Å². The first-order valence-corrected chi connectivity index (χ1v) is 9.14. The first-order valence-electron chi connectivity index (χ1n) is 8.77. The Labute approximate surface area is 156 Å². The zero-order valence-corrected chi connectivity index (χ0v) is 15.1. The van der Waals surface area contributed by atoms with E-state index in [1.807, 2.05) is 42.7 Å². The van der Waals surface area contributed by atoms with Crippen LogP contribution in [0.1, 0.15) is 12.0 Å². The number of amides is 1. The number of fused-ring (bicyclic) bond motifs is 2. The zero-order valence-electron chi connectivity index (χ0n) is 14.3. The summed E-state index contributed by atoms with van der Waals surface area (Å²) in [5.74, 6) is 0.0701. The van der Waals surface area contributed by atoms with Crippen LogP contribution < -0.4 is 5.32 Å². The topological polar surface area (TPSA) is 49.8 Å². The summed E-state index contributed by atoms with van der Waals surface area (Å²) >= 11 is 6.08. The molecule has 0 bridgehead atoms. The Morgan fingerprint density at radius 3 is 2.96 bits per heavy atom. The number of hydrogen-bond acceptors (Lipinski definition) is 1. The van der Waals surface area contributed by atoms with Crippen molar-refractivity contribution < 1.29 is 4.79 Å². The number of H-pyrrole nitrogens is 1. The van der Waals surface area contributed by atoms with Gasteiger partial charge in [-0.1, -0.05) is 29.8 Å². The molecule has 0 aliphatic heterocycles. The van der Waals surface area contributed by atoms with Gasteiger partial charge in [0.1, 0.15) is 0 Å². The fraction of sp³-hybridized carbons (Fsp3) is 0.190. The monoisotopic (exact) mass is 365 g/mol. The summed E-state index contributed by atoms with van der Waals surface area (Å²) in [6, 6.07) is 16.1. The highest BCUT2D eigenvalue weighted by Crippen LogP contribution is 2.22. The summed E-state index contributed by atoms with van der Waals surface area (Å²) in [6.45, 7) is 1.30. The number of carbonyl (C=O) groups excluding carboxylic acids is 1. The van der Waals surface area contributed by atoms with Crippen molar-refractivity contribution in [2.24, 2.45) is 0 Å². The van der Waals surface area contributed by atoms with E-state index in [4.69, 9.17) is 11.6 Å². The molecule has 0 atom stereocenters. The molecule has 0 fully saturated rings. The second-order valence-corrected chi connectivity index (χ2v) is 6.86. The maximum atomic E-state index is 12.2. The fourth-order valence-corrected chi connectivity index (χ4v) is 3.51. The molecule has 2 heterocycles. The minimum atomic E-state index is 0.0701. The Bertz CT molecular complexity index is 1060. The van der Waals surface area contributed by atoms with Crippen molar-refractivity contribution in [1.82, 2.24) is 14.9 Å². The first-order chi connectivity index (χ1) is 12.7. The van der Waals surface area contributed by atoms with E-state index in [1.165, 1.54) is 10.9 Å². The molecular weight excluding hydrogens is 346 g/mol. The molecule has 5 heteroatoms. The molecular formula is C21H20ClN3O. The van der Waals surface area contributed by atoms with Crippen molar-refractivity contribution in [2.45, 2.75) is 19.4 Å². The Hall–Kier alpha value is -2.72. The molecule has 0 saturated heterocycles. The average Bonchev–Trinajstić information content (AvgIpc) is 3.24. The molecule has 2 N–H and O–H groups in total. The van der Waals surface area contributed by atoms with E-state index < -0.39 is 0 Å². The number of benzene rings is 2. The van der Waals surface area contributed by atoms with Crippen LogP contribution in [0.5, 0.6) is 0 Å². The summed E-state index contributed by atoms with van der Waals surface area (Å²) in [4.78, 5) is 15.4. The first kappa shape index (κ1) is 16.7. The van der Waals surface area contributed by atoms with Gasteiger partial charge in [0.15, 0.2) is 0 Å². The summed E-state index contributed by atoms with van der Waals surface area (Å²) in [5.41, 5.74) is 3.39. The van der Waals surface area contributed by atoms with E-state index in [2.05, 4.69) is 33.1 Å². The summed E-state index contributed by atoms with van der Waals surface area (Å²) < 4.78 is 2.12. The van der Waals surface area contributed by atoms with Crippen molar-refractivity contribution in [3.05, 3.63) is 71.5 Å². The lowest BCUT2D eigenvalue weighted by molar-refractivity contribution is -0.121. The van der Waals surface area contributed by atoms with E-state index in [-0.39, 0.29) is 5.91 Å². The number of rotatable bonds is 6. The molecule has 4 aromatic rings. The number of halogens is 1. The number of aromatic nitrogens is 2. The van der Waals surface area contributed by atoms with Crippen LogP contribution in [0.4, 0.5) is 0 Å². The van der Waals surface area contributed by atoms with Crippen molar-refractivity contribution >= 4 is 39.3 Å². The molecule has 0 spiro atoms. The van der Waals surface area contributed by atoms with E-state index in [9.17, 15) is 4.79 Å². The van der Waals surface area contributed by atoms with Gasteiger partial charge in [-0.3, -0.25) is 4.79 Å². The Kier molecular flexibility index (Phi) is 4.67. The van der Waals surface area contributed by atoms with Crippen LogP contribution in [0.25, 0.3) is 21.8 Å². The smallest absolute Gasteiger partial charge is 0.221 e. The van der Waals surface area contributed by atoms with E-state index in [1.54, 1.807) is 0 Å². The summed E-state index contributed by atoms with van der Waals surface area (Å²) in [6.07, 6.45) is 5.27. The predicted octanol–water partition coefficient (Wildman–Crippen LogP) is 4.53. The minimum absolute atomic E-state index is 0.0701. The Balaban J connectivity index is 1.30. The molecule has 2 aromatic carbocycles. The Morgan fingerprint density at radius 1 is 1.15 bits per heavy atom. The molecule has 4 rings (SSSR count). The largest absolute Gasteiger partial charge is 0.361 e. The van der Waals surface area contributed by atoms with Crippen LogP contribution in [0, 0.1) is 0 Å². The van der Waals surface area contributed by atoms with Crippen molar-refractivity contribution in [1.29, 1.82) is 0 Å². The zero-order chi connectivity index (χ0) is 17.9. The fourth-order valence-electron chi connectivity index (χ4n) is 3.34. The van der Waals surface area contributed by atoms with E-state index in [0.717, 1.165) is 27.9 Å². The van der Waals surface area contributed by atoms with Gasteiger partial charge in [-0.25, -0.2) is 0 Å². The van der Waals surface area contributed by atoms with Gasteiger partial charge < -0.3 is 14.9 Å². The number of hydrogen-bond donors (Lipinski definition) is 2. The van der Waals surface area contributed by atoms with Crippen molar-refractivity contribution in [3.8, 4) is 0 Å². The normalized spacial score (nSPS) is 11.3. The molecule has 0 aliphatic carbocycles. The summed E-state index contributed by atoms with van der Waals surface area (Å²) in [7, 11) is 0. The highest BCUT2D eigenvalue weighted by atomic mass is 35.5. The summed E-state index contributed by atoms with van der Waals surface area (Å²) in [5, 5.41) is 6.05. The van der Waals surface area contributed by atoms with Crippen LogP contribution in [-0.2, 0) is 17.8 Å². The quantitative estimate of drug-likeness (QED) is 0.518. The molecule has 4 nitrogen and oxygen atoms in total. The minimum Gasteiger partial charge on any atom is -0.361 e. The lowest BCUT2D eigenvalue weighted by Crippen LogP contribution is -2.26. The van der Waals surface area contributed by atoms with Gasteiger partial charge in [-0.2, -0.15) is 0 Å². The number of para-hydroxylation sites is 1. The van der Waals surface area contributed by atoms with Gasteiger partial charge in [-0.05, 0) is 47.7 Å². The molecule has 1 amide bonds. The lowest BCUT2D eigenvalue weighted by atomic mass is 10.1. The molecule has 132 valence electrons. The van der Waals surface area contributed by atoms with Crippen molar-refractivity contribution in [3.63, 3.8) is 0 Å². The van der Waals surface area contributed by atoms with Crippen LogP contribution in [-0.4, -0.2) is 22.0 Å². The van der Waals surface area contributed by atoms with Crippen LogP contribution in [0.3, 0.4) is 0 Å². The average molecular weight is 366 g/mol. The highest BCUT2D eigenvalue weighted by molar-refractivity contribution is 6.31. The molecule has 0 unspecified atom stereocenters. The third-order valence-electron chi connectivity index (χ3n) is 4.71. The number of nitrogens with one attached hydrogen (secondary N) is 2. The van der Waals surface area contributed by atoms with Crippen molar-refractivity contribution in [2.75, 3.05) is 6.54 Å². The van der Waals surface area contributed by atoms with Gasteiger partial charge >= 0.3 is 0 Å². The van der Waals surface area contributed by atoms with Gasteiger partial charge in [0.05, 0.1) is 0 Å². The van der Waals surface area contributed by atoms with Gasteiger partial charge in [-0.15, -0.1) is 0 Å².